The molecule has 0 bridgehead atoms. The van der Waals surface area contributed by atoms with Crippen molar-refractivity contribution in [3.05, 3.63) is 72.6 Å². The zero-order valence-corrected chi connectivity index (χ0v) is 17.1. The van der Waals surface area contributed by atoms with E-state index >= 15 is 0 Å². The van der Waals surface area contributed by atoms with E-state index in [2.05, 4.69) is 25.6 Å². The summed E-state index contributed by atoms with van der Waals surface area (Å²) in [6.07, 6.45) is 3.37. The lowest BCUT2D eigenvalue weighted by Crippen LogP contribution is -2.21. The second-order valence-electron chi connectivity index (χ2n) is 6.94. The second kappa shape index (κ2) is 9.09. The summed E-state index contributed by atoms with van der Waals surface area (Å²) in [5.41, 5.74) is 3.62. The predicted octanol–water partition coefficient (Wildman–Crippen LogP) is 3.38. The van der Waals surface area contributed by atoms with Gasteiger partial charge in [0.2, 0.25) is 5.91 Å². The van der Waals surface area contributed by atoms with Crippen LogP contribution in [0.1, 0.15) is 17.3 Å². The number of anilines is 2. The quantitative estimate of drug-likeness (QED) is 0.404. The molecule has 160 valence electrons. The highest BCUT2D eigenvalue weighted by Gasteiger charge is 2.13. The van der Waals surface area contributed by atoms with Gasteiger partial charge in [0, 0.05) is 36.3 Å². The van der Waals surface area contributed by atoms with Crippen molar-refractivity contribution in [1.29, 1.82) is 0 Å². The van der Waals surface area contributed by atoms with Crippen molar-refractivity contribution in [1.82, 2.24) is 15.0 Å². The fraction of sp³-hybridized carbons (Fsp3) is 0.0870. The van der Waals surface area contributed by atoms with Gasteiger partial charge < -0.3 is 20.4 Å². The number of fused-ring (bicyclic) bond motifs is 1. The average molecular weight is 429 g/mol. The fourth-order valence-electron chi connectivity index (χ4n) is 3.03. The standard InChI is InChI=1S/C23H19N5O4/c1-14(29)25-17-5-7-18(8-6-17)26-21(30)13-32-23(31)15-4-9-19-20(11-15)28-22(27-19)16-3-2-10-24-12-16/h2-12H,13H2,1H3,(H,25,29)(H,26,30)(H,27,28). The van der Waals surface area contributed by atoms with Gasteiger partial charge in [-0.2, -0.15) is 0 Å². The third-order valence-electron chi connectivity index (χ3n) is 4.48. The molecule has 0 aliphatic rings. The van der Waals surface area contributed by atoms with E-state index in [1.54, 1.807) is 54.9 Å². The lowest BCUT2D eigenvalue weighted by atomic mass is 10.2. The van der Waals surface area contributed by atoms with E-state index in [-0.39, 0.29) is 5.91 Å². The maximum absolute atomic E-state index is 12.4. The first kappa shape index (κ1) is 20.7. The molecule has 4 aromatic rings. The van der Waals surface area contributed by atoms with E-state index in [1.807, 2.05) is 12.1 Å². The smallest absolute Gasteiger partial charge is 0.338 e. The highest BCUT2D eigenvalue weighted by atomic mass is 16.5. The Hall–Kier alpha value is -4.53. The Morgan fingerprint density at radius 3 is 2.44 bits per heavy atom. The largest absolute Gasteiger partial charge is 0.452 e. The van der Waals surface area contributed by atoms with E-state index in [1.165, 1.54) is 6.92 Å². The number of carbonyl (C=O) groups excluding carboxylic acids is 3. The van der Waals surface area contributed by atoms with Crippen LogP contribution >= 0.6 is 0 Å². The molecular weight excluding hydrogens is 410 g/mol. The number of H-pyrrole nitrogens is 1. The number of nitrogens with one attached hydrogen (secondary N) is 3. The highest BCUT2D eigenvalue weighted by molar-refractivity contribution is 5.97. The molecule has 0 fully saturated rings. The van der Waals surface area contributed by atoms with Crippen LogP contribution in [0, 0.1) is 0 Å². The van der Waals surface area contributed by atoms with Crippen LogP contribution in [0.3, 0.4) is 0 Å². The van der Waals surface area contributed by atoms with Crippen LogP contribution in [0.4, 0.5) is 11.4 Å². The predicted molar refractivity (Wildman–Crippen MR) is 119 cm³/mol. The van der Waals surface area contributed by atoms with Crippen LogP contribution in [-0.4, -0.2) is 39.3 Å². The third-order valence-corrected chi connectivity index (χ3v) is 4.48. The van der Waals surface area contributed by atoms with Crippen molar-refractivity contribution in [2.45, 2.75) is 6.92 Å². The monoisotopic (exact) mass is 429 g/mol. The number of aromatic nitrogens is 3. The zero-order chi connectivity index (χ0) is 22.5. The zero-order valence-electron chi connectivity index (χ0n) is 17.1. The minimum Gasteiger partial charge on any atom is -0.452 e. The summed E-state index contributed by atoms with van der Waals surface area (Å²) in [5.74, 6) is -0.648. The van der Waals surface area contributed by atoms with E-state index in [4.69, 9.17) is 4.74 Å². The molecule has 9 nitrogen and oxygen atoms in total. The van der Waals surface area contributed by atoms with Crippen molar-refractivity contribution >= 4 is 40.2 Å². The molecular formula is C23H19N5O4. The second-order valence-corrected chi connectivity index (χ2v) is 6.94. The first-order valence-corrected chi connectivity index (χ1v) is 9.73. The number of rotatable bonds is 6. The molecule has 0 aliphatic carbocycles. The van der Waals surface area contributed by atoms with Gasteiger partial charge in [-0.25, -0.2) is 9.78 Å². The fourth-order valence-corrected chi connectivity index (χ4v) is 3.03. The Labute approximate surface area is 182 Å². The highest BCUT2D eigenvalue weighted by Crippen LogP contribution is 2.21. The Kier molecular flexibility index (Phi) is 5.89. The summed E-state index contributed by atoms with van der Waals surface area (Å²) in [6.45, 7) is 0.974. The molecule has 0 atom stereocenters. The number of benzene rings is 2. The summed E-state index contributed by atoms with van der Waals surface area (Å²) in [4.78, 5) is 47.3. The number of carbonyl (C=O) groups is 3. The van der Waals surface area contributed by atoms with E-state index in [0.29, 0.717) is 33.8 Å². The number of aromatic amines is 1. The van der Waals surface area contributed by atoms with Crippen LogP contribution in [-0.2, 0) is 14.3 Å². The maximum Gasteiger partial charge on any atom is 0.338 e. The Balaban J connectivity index is 1.36. The topological polar surface area (TPSA) is 126 Å². The van der Waals surface area contributed by atoms with Crippen LogP contribution in [0.25, 0.3) is 22.4 Å². The van der Waals surface area contributed by atoms with Gasteiger partial charge in [-0.05, 0) is 54.6 Å². The Morgan fingerprint density at radius 2 is 1.75 bits per heavy atom. The molecule has 3 N–H and O–H groups in total. The molecule has 9 heteroatoms. The minimum absolute atomic E-state index is 0.185. The van der Waals surface area contributed by atoms with Crippen LogP contribution < -0.4 is 10.6 Å². The summed E-state index contributed by atoms with van der Waals surface area (Å²) in [5, 5.41) is 5.27. The van der Waals surface area contributed by atoms with Gasteiger partial charge in [0.15, 0.2) is 6.61 Å². The normalized spacial score (nSPS) is 10.5. The summed E-state index contributed by atoms with van der Waals surface area (Å²) in [7, 11) is 0. The van der Waals surface area contributed by atoms with Gasteiger partial charge in [-0.1, -0.05) is 0 Å². The molecule has 2 aromatic heterocycles. The Morgan fingerprint density at radius 1 is 1.00 bits per heavy atom. The maximum atomic E-state index is 12.4. The Bertz CT molecular complexity index is 1280. The number of hydrogen-bond acceptors (Lipinski definition) is 6. The molecule has 2 amide bonds. The average Bonchev–Trinajstić information content (AvgIpc) is 3.22. The molecule has 0 saturated carbocycles. The molecule has 4 rings (SSSR count). The summed E-state index contributed by atoms with van der Waals surface area (Å²) >= 11 is 0. The van der Waals surface area contributed by atoms with E-state index in [0.717, 1.165) is 5.56 Å². The number of pyridine rings is 1. The molecule has 0 aliphatic heterocycles. The minimum atomic E-state index is -0.624. The van der Waals surface area contributed by atoms with Crippen LogP contribution in [0.2, 0.25) is 0 Å². The van der Waals surface area contributed by atoms with Gasteiger partial charge >= 0.3 is 5.97 Å². The molecule has 32 heavy (non-hydrogen) atoms. The first-order chi connectivity index (χ1) is 15.5. The molecule has 0 unspecified atom stereocenters. The van der Waals surface area contributed by atoms with Crippen molar-refractivity contribution in [2.24, 2.45) is 0 Å². The van der Waals surface area contributed by atoms with E-state index in [9.17, 15) is 14.4 Å². The lowest BCUT2D eigenvalue weighted by Gasteiger charge is -2.08. The van der Waals surface area contributed by atoms with Gasteiger partial charge in [0.05, 0.1) is 16.6 Å². The SMILES string of the molecule is CC(=O)Nc1ccc(NC(=O)COC(=O)c2ccc3nc(-c4cccnc4)[nH]c3c2)cc1. The van der Waals surface area contributed by atoms with E-state index < -0.39 is 18.5 Å². The van der Waals surface area contributed by atoms with Crippen molar-refractivity contribution in [2.75, 3.05) is 17.2 Å². The van der Waals surface area contributed by atoms with Gasteiger partial charge in [-0.15, -0.1) is 0 Å². The van der Waals surface area contributed by atoms with Crippen LogP contribution in [0.15, 0.2) is 67.0 Å². The first-order valence-electron chi connectivity index (χ1n) is 9.73. The summed E-state index contributed by atoms with van der Waals surface area (Å²) < 4.78 is 5.13. The van der Waals surface area contributed by atoms with Gasteiger partial charge in [0.25, 0.3) is 5.91 Å². The molecule has 0 spiro atoms. The number of nitrogens with zero attached hydrogens (tertiary/aromatic N) is 2. The molecule has 0 saturated heterocycles. The number of ether oxygens (including phenoxy) is 1. The number of amides is 2. The summed E-state index contributed by atoms with van der Waals surface area (Å²) in [6, 6.07) is 15.2. The van der Waals surface area contributed by atoms with Crippen LogP contribution in [0.5, 0.6) is 0 Å². The van der Waals surface area contributed by atoms with Crippen molar-refractivity contribution in [3.63, 3.8) is 0 Å². The lowest BCUT2D eigenvalue weighted by molar-refractivity contribution is -0.119. The van der Waals surface area contributed by atoms with Crippen molar-refractivity contribution < 1.29 is 19.1 Å². The van der Waals surface area contributed by atoms with Gasteiger partial charge in [0.1, 0.15) is 5.82 Å². The van der Waals surface area contributed by atoms with Crippen molar-refractivity contribution in [3.8, 4) is 11.4 Å². The number of esters is 1. The number of hydrogen-bond donors (Lipinski definition) is 3. The molecule has 0 radical (unpaired) electrons. The molecule has 2 heterocycles. The molecule has 2 aromatic carbocycles. The third kappa shape index (κ3) is 4.96. The van der Waals surface area contributed by atoms with Gasteiger partial charge in [-0.3, -0.25) is 14.6 Å². The number of imidazole rings is 1.